The Labute approximate surface area is 215 Å². The second kappa shape index (κ2) is 10.3. The molecule has 0 radical (unpaired) electrons. The number of esters is 1. The summed E-state index contributed by atoms with van der Waals surface area (Å²) in [5.74, 6) is -1.47. The maximum absolute atomic E-state index is 13.4. The van der Waals surface area contributed by atoms with E-state index in [0.29, 0.717) is 22.6 Å². The van der Waals surface area contributed by atoms with Crippen LogP contribution in [0.15, 0.2) is 72.3 Å². The quantitative estimate of drug-likeness (QED) is 0.155. The number of aryl methyl sites for hydroxylation is 2. The summed E-state index contributed by atoms with van der Waals surface area (Å²) >= 11 is 0. The maximum Gasteiger partial charge on any atom is 0.308 e. The number of anilines is 1. The molecule has 1 aliphatic heterocycles. The first kappa shape index (κ1) is 25.7. The first-order chi connectivity index (χ1) is 17.6. The van der Waals surface area contributed by atoms with Crippen molar-refractivity contribution in [2.24, 2.45) is 0 Å². The zero-order valence-electron chi connectivity index (χ0n) is 21.4. The Balaban J connectivity index is 1.89. The molecule has 1 heterocycles. The molecule has 1 saturated heterocycles. The van der Waals surface area contributed by atoms with E-state index in [1.54, 1.807) is 54.6 Å². The smallest absolute Gasteiger partial charge is 0.308 e. The zero-order valence-corrected chi connectivity index (χ0v) is 21.4. The van der Waals surface area contributed by atoms with E-state index in [1.165, 1.54) is 11.8 Å². The first-order valence-corrected chi connectivity index (χ1v) is 12.0. The molecule has 1 amide bonds. The number of hydrogen-bond donors (Lipinski definition) is 1. The minimum atomic E-state index is -0.941. The lowest BCUT2D eigenvalue weighted by Crippen LogP contribution is -2.29. The summed E-state index contributed by atoms with van der Waals surface area (Å²) in [6.45, 7) is 8.99. The molecule has 3 aromatic carbocycles. The minimum absolute atomic E-state index is 0.0211. The number of nitrogens with zero attached hydrogens (tertiary/aromatic N) is 1. The molecule has 37 heavy (non-hydrogen) atoms. The largest absolute Gasteiger partial charge is 0.507 e. The number of Topliss-reactive ketones (excluding diaryl/α,β-unsaturated/α-hetero) is 1. The fourth-order valence-electron chi connectivity index (χ4n) is 4.32. The Kier molecular flexibility index (Phi) is 7.16. The van der Waals surface area contributed by atoms with Gasteiger partial charge in [0.2, 0.25) is 0 Å². The van der Waals surface area contributed by atoms with E-state index >= 15 is 0 Å². The lowest BCUT2D eigenvalue weighted by molar-refractivity contribution is -0.132. The van der Waals surface area contributed by atoms with Crippen molar-refractivity contribution in [1.82, 2.24) is 0 Å². The lowest BCUT2D eigenvalue weighted by atomic mass is 9.94. The van der Waals surface area contributed by atoms with Crippen LogP contribution < -0.4 is 14.4 Å². The average molecular weight is 500 g/mol. The highest BCUT2D eigenvalue weighted by atomic mass is 16.5. The van der Waals surface area contributed by atoms with E-state index in [1.807, 2.05) is 39.8 Å². The van der Waals surface area contributed by atoms with Crippen molar-refractivity contribution >= 4 is 29.1 Å². The highest BCUT2D eigenvalue weighted by Crippen LogP contribution is 2.43. The van der Waals surface area contributed by atoms with Gasteiger partial charge >= 0.3 is 5.97 Å². The summed E-state index contributed by atoms with van der Waals surface area (Å²) in [6, 6.07) is 17.8. The van der Waals surface area contributed by atoms with Crippen molar-refractivity contribution in [3.8, 4) is 11.5 Å². The molecule has 1 fully saturated rings. The van der Waals surface area contributed by atoms with Gasteiger partial charge < -0.3 is 14.6 Å². The summed E-state index contributed by atoms with van der Waals surface area (Å²) in [4.78, 5) is 39.7. The predicted molar refractivity (Wildman–Crippen MR) is 141 cm³/mol. The number of ketones is 1. The van der Waals surface area contributed by atoms with Crippen LogP contribution >= 0.6 is 0 Å². The number of benzene rings is 3. The predicted octanol–water partition coefficient (Wildman–Crippen LogP) is 5.64. The van der Waals surface area contributed by atoms with Gasteiger partial charge in [0.15, 0.2) is 0 Å². The van der Waals surface area contributed by atoms with E-state index in [2.05, 4.69) is 0 Å². The van der Waals surface area contributed by atoms with Gasteiger partial charge in [0.05, 0.1) is 17.7 Å². The topological polar surface area (TPSA) is 93.1 Å². The van der Waals surface area contributed by atoms with E-state index in [4.69, 9.17) is 9.47 Å². The molecule has 1 unspecified atom stereocenters. The summed E-state index contributed by atoms with van der Waals surface area (Å²) in [7, 11) is 0. The Hall–Kier alpha value is -4.39. The van der Waals surface area contributed by atoms with Crippen LogP contribution in [0.25, 0.3) is 5.76 Å². The van der Waals surface area contributed by atoms with E-state index in [-0.39, 0.29) is 23.2 Å². The van der Waals surface area contributed by atoms with Crippen molar-refractivity contribution < 1.29 is 29.0 Å². The van der Waals surface area contributed by atoms with Crippen molar-refractivity contribution in [1.29, 1.82) is 0 Å². The summed E-state index contributed by atoms with van der Waals surface area (Å²) in [5, 5.41) is 11.3. The Morgan fingerprint density at radius 3 is 2.24 bits per heavy atom. The minimum Gasteiger partial charge on any atom is -0.507 e. The SMILES string of the molecule is CC(=O)Oc1cccc(C2/C(=C(\O)c3ccc(OC(C)C)cc3)C(=O)C(=O)N2c2ccc(C)c(C)c2)c1. The summed E-state index contributed by atoms with van der Waals surface area (Å²) in [6.07, 6.45) is -0.0211. The lowest BCUT2D eigenvalue weighted by Gasteiger charge is -2.26. The average Bonchev–Trinajstić information content (AvgIpc) is 3.11. The Morgan fingerprint density at radius 2 is 1.62 bits per heavy atom. The third-order valence-corrected chi connectivity index (χ3v) is 6.15. The highest BCUT2D eigenvalue weighted by molar-refractivity contribution is 6.51. The highest BCUT2D eigenvalue weighted by Gasteiger charge is 2.47. The molecule has 0 spiro atoms. The molecule has 0 aromatic heterocycles. The van der Waals surface area contributed by atoms with Crippen LogP contribution in [-0.2, 0) is 14.4 Å². The summed E-state index contributed by atoms with van der Waals surface area (Å²) in [5.41, 5.74) is 3.34. The molecular weight excluding hydrogens is 470 g/mol. The van der Waals surface area contributed by atoms with Crippen LogP contribution in [0.3, 0.4) is 0 Å². The number of carbonyl (C=O) groups is 3. The fraction of sp³-hybridized carbons (Fsp3) is 0.233. The number of carbonyl (C=O) groups excluding carboxylic acids is 3. The monoisotopic (exact) mass is 499 g/mol. The molecular formula is C30H29NO6. The van der Waals surface area contributed by atoms with E-state index in [9.17, 15) is 19.5 Å². The second-order valence-corrected chi connectivity index (χ2v) is 9.29. The van der Waals surface area contributed by atoms with Gasteiger partial charge in [0.25, 0.3) is 11.7 Å². The van der Waals surface area contributed by atoms with E-state index in [0.717, 1.165) is 11.1 Å². The van der Waals surface area contributed by atoms with Crippen LogP contribution in [0.5, 0.6) is 11.5 Å². The van der Waals surface area contributed by atoms with Gasteiger partial charge in [-0.3, -0.25) is 19.3 Å². The molecule has 7 heteroatoms. The first-order valence-electron chi connectivity index (χ1n) is 12.0. The fourth-order valence-corrected chi connectivity index (χ4v) is 4.32. The van der Waals surface area contributed by atoms with Gasteiger partial charge in [-0.2, -0.15) is 0 Å². The molecule has 3 aromatic rings. The molecule has 0 bridgehead atoms. The van der Waals surface area contributed by atoms with Gasteiger partial charge in [-0.1, -0.05) is 18.2 Å². The Bertz CT molecular complexity index is 1400. The van der Waals surface area contributed by atoms with Crippen LogP contribution in [0.1, 0.15) is 49.1 Å². The molecule has 190 valence electrons. The van der Waals surface area contributed by atoms with Crippen molar-refractivity contribution in [2.45, 2.75) is 46.8 Å². The maximum atomic E-state index is 13.4. The van der Waals surface area contributed by atoms with Gasteiger partial charge in [-0.25, -0.2) is 0 Å². The molecule has 4 rings (SSSR count). The van der Waals surface area contributed by atoms with Gasteiger partial charge in [-0.05, 0) is 92.9 Å². The normalized spacial score (nSPS) is 16.8. The van der Waals surface area contributed by atoms with Gasteiger partial charge in [-0.15, -0.1) is 0 Å². The third kappa shape index (κ3) is 5.26. The van der Waals surface area contributed by atoms with Gasteiger partial charge in [0.1, 0.15) is 17.3 Å². The standard InChI is InChI=1S/C30H29NO6/c1-17(2)36-24-13-10-21(11-14-24)28(33)26-27(22-7-6-8-25(16-22)37-20(5)32)31(30(35)29(26)34)23-12-9-18(3)19(4)15-23/h6-17,27,33H,1-5H3/b28-26+. The zero-order chi connectivity index (χ0) is 26.9. The van der Waals surface area contributed by atoms with Crippen molar-refractivity contribution in [3.05, 3.63) is 94.6 Å². The summed E-state index contributed by atoms with van der Waals surface area (Å²) < 4.78 is 10.9. The van der Waals surface area contributed by atoms with Crippen LogP contribution in [0, 0.1) is 13.8 Å². The van der Waals surface area contributed by atoms with Crippen molar-refractivity contribution in [3.63, 3.8) is 0 Å². The number of aliphatic hydroxyl groups is 1. The molecule has 0 saturated carbocycles. The van der Waals surface area contributed by atoms with Crippen LogP contribution in [0.4, 0.5) is 5.69 Å². The molecule has 1 atom stereocenters. The third-order valence-electron chi connectivity index (χ3n) is 6.15. The Morgan fingerprint density at radius 1 is 0.919 bits per heavy atom. The number of ether oxygens (including phenoxy) is 2. The van der Waals surface area contributed by atoms with Crippen molar-refractivity contribution in [2.75, 3.05) is 4.90 Å². The van der Waals surface area contributed by atoms with Crippen LogP contribution in [0.2, 0.25) is 0 Å². The number of hydrogen-bond acceptors (Lipinski definition) is 6. The number of rotatable bonds is 6. The molecule has 7 nitrogen and oxygen atoms in total. The molecule has 1 N–H and O–H groups in total. The number of aliphatic hydroxyl groups excluding tert-OH is 1. The van der Waals surface area contributed by atoms with Crippen LogP contribution in [-0.4, -0.2) is 28.9 Å². The van der Waals surface area contributed by atoms with Gasteiger partial charge in [0, 0.05) is 18.2 Å². The van der Waals surface area contributed by atoms with E-state index < -0.39 is 23.7 Å². The number of amides is 1. The second-order valence-electron chi connectivity index (χ2n) is 9.29. The molecule has 1 aliphatic rings. The molecule has 0 aliphatic carbocycles.